The molecule has 0 saturated carbocycles. The first-order chi connectivity index (χ1) is 10.7. The highest BCUT2D eigenvalue weighted by Gasteiger charge is 2.23. The van der Waals surface area contributed by atoms with E-state index >= 15 is 0 Å². The van der Waals surface area contributed by atoms with Crippen LogP contribution in [0.2, 0.25) is 0 Å². The lowest BCUT2D eigenvalue weighted by Gasteiger charge is -2.26. The third-order valence-corrected chi connectivity index (χ3v) is 4.58. The third-order valence-electron chi connectivity index (χ3n) is 4.58. The highest BCUT2D eigenvalue weighted by Crippen LogP contribution is 2.38. The van der Waals surface area contributed by atoms with Crippen LogP contribution in [0.3, 0.4) is 0 Å². The molecule has 0 spiro atoms. The molecule has 1 aliphatic rings. The molecule has 2 aromatic rings. The van der Waals surface area contributed by atoms with Crippen molar-refractivity contribution in [3.63, 3.8) is 0 Å². The summed E-state index contributed by atoms with van der Waals surface area (Å²) in [5, 5.41) is 5.58. The van der Waals surface area contributed by atoms with Crippen LogP contribution in [0.25, 0.3) is 10.8 Å². The second-order valence-electron chi connectivity index (χ2n) is 6.16. The smallest absolute Gasteiger partial charge is 0.216 e. The van der Waals surface area contributed by atoms with Gasteiger partial charge in [0.25, 0.3) is 0 Å². The molecule has 0 aromatic heterocycles. The molecular formula is C19H23NO2. The summed E-state index contributed by atoms with van der Waals surface area (Å²) in [5.41, 5.74) is 2.79. The number of hydrogen-bond donors (Lipinski definition) is 1. The van der Waals surface area contributed by atoms with Crippen molar-refractivity contribution in [2.24, 2.45) is 5.92 Å². The molecule has 116 valence electrons. The number of carbonyl (C=O) groups excluding carboxylic acids is 1. The second kappa shape index (κ2) is 6.39. The maximum atomic E-state index is 10.9. The molecule has 1 amide bonds. The Bertz CT molecular complexity index is 693. The Hall–Kier alpha value is -2.03. The number of benzene rings is 2. The minimum atomic E-state index is 0.0560. The fourth-order valence-electron chi connectivity index (χ4n) is 3.61. The minimum absolute atomic E-state index is 0.0560. The summed E-state index contributed by atoms with van der Waals surface area (Å²) < 4.78 is 5.58. The van der Waals surface area contributed by atoms with E-state index in [0.29, 0.717) is 5.92 Å². The summed E-state index contributed by atoms with van der Waals surface area (Å²) in [4.78, 5) is 10.9. The van der Waals surface area contributed by atoms with Crippen molar-refractivity contribution in [1.82, 2.24) is 5.32 Å². The summed E-state index contributed by atoms with van der Waals surface area (Å²) in [6, 6.07) is 10.8. The van der Waals surface area contributed by atoms with Gasteiger partial charge in [-0.25, -0.2) is 0 Å². The van der Waals surface area contributed by atoms with E-state index in [1.54, 1.807) is 14.0 Å². The van der Waals surface area contributed by atoms with E-state index in [-0.39, 0.29) is 5.91 Å². The van der Waals surface area contributed by atoms with Crippen LogP contribution in [-0.4, -0.2) is 19.6 Å². The Morgan fingerprint density at radius 2 is 2.14 bits per heavy atom. The first kappa shape index (κ1) is 14.9. The highest BCUT2D eigenvalue weighted by molar-refractivity contribution is 5.91. The van der Waals surface area contributed by atoms with E-state index in [0.717, 1.165) is 38.0 Å². The minimum Gasteiger partial charge on any atom is -0.496 e. The van der Waals surface area contributed by atoms with Gasteiger partial charge in [-0.05, 0) is 54.0 Å². The Labute approximate surface area is 131 Å². The molecule has 0 heterocycles. The van der Waals surface area contributed by atoms with E-state index in [2.05, 4.69) is 35.6 Å². The van der Waals surface area contributed by atoms with Gasteiger partial charge < -0.3 is 10.1 Å². The molecule has 0 bridgehead atoms. The van der Waals surface area contributed by atoms with Gasteiger partial charge in [-0.1, -0.05) is 24.3 Å². The lowest BCUT2D eigenvalue weighted by Crippen LogP contribution is -2.22. The molecule has 3 nitrogen and oxygen atoms in total. The predicted octanol–water partition coefficient (Wildman–Crippen LogP) is 3.48. The lowest BCUT2D eigenvalue weighted by atomic mass is 9.79. The fourth-order valence-corrected chi connectivity index (χ4v) is 3.61. The molecule has 1 atom stereocenters. The molecule has 0 aliphatic heterocycles. The zero-order chi connectivity index (χ0) is 15.5. The number of amides is 1. The van der Waals surface area contributed by atoms with E-state index in [4.69, 9.17) is 4.74 Å². The topological polar surface area (TPSA) is 38.3 Å². The van der Waals surface area contributed by atoms with Crippen LogP contribution >= 0.6 is 0 Å². The SMILES string of the molecule is COc1ccc2cccc3c2c1CC(CCCNC(C)=O)C3. The molecule has 1 unspecified atom stereocenters. The maximum absolute atomic E-state index is 10.9. The van der Waals surface area contributed by atoms with Crippen LogP contribution in [-0.2, 0) is 17.6 Å². The summed E-state index contributed by atoms with van der Waals surface area (Å²) in [6.07, 6.45) is 4.36. The number of hydrogen-bond acceptors (Lipinski definition) is 2. The summed E-state index contributed by atoms with van der Waals surface area (Å²) >= 11 is 0. The van der Waals surface area contributed by atoms with Crippen LogP contribution in [0.5, 0.6) is 5.75 Å². The average Bonchev–Trinajstić information content (AvgIpc) is 2.52. The van der Waals surface area contributed by atoms with Crippen LogP contribution in [0.1, 0.15) is 30.9 Å². The fraction of sp³-hybridized carbons (Fsp3) is 0.421. The van der Waals surface area contributed by atoms with Crippen molar-refractivity contribution >= 4 is 16.7 Å². The molecule has 3 rings (SSSR count). The maximum Gasteiger partial charge on any atom is 0.216 e. The van der Waals surface area contributed by atoms with Gasteiger partial charge in [0, 0.05) is 19.0 Å². The number of methoxy groups -OCH3 is 1. The average molecular weight is 297 g/mol. The molecule has 0 radical (unpaired) electrons. The van der Waals surface area contributed by atoms with Crippen LogP contribution < -0.4 is 10.1 Å². The van der Waals surface area contributed by atoms with E-state index in [1.807, 2.05) is 0 Å². The van der Waals surface area contributed by atoms with Gasteiger partial charge in [0.2, 0.25) is 5.91 Å². The second-order valence-corrected chi connectivity index (χ2v) is 6.16. The van der Waals surface area contributed by atoms with Crippen LogP contribution in [0.4, 0.5) is 0 Å². The predicted molar refractivity (Wildman–Crippen MR) is 89.3 cm³/mol. The van der Waals surface area contributed by atoms with Crippen molar-refractivity contribution in [2.45, 2.75) is 32.6 Å². The van der Waals surface area contributed by atoms with Gasteiger partial charge in [0.15, 0.2) is 0 Å². The first-order valence-corrected chi connectivity index (χ1v) is 8.01. The Morgan fingerprint density at radius 3 is 2.91 bits per heavy atom. The van der Waals surface area contributed by atoms with Gasteiger partial charge >= 0.3 is 0 Å². The number of rotatable bonds is 5. The van der Waals surface area contributed by atoms with Gasteiger partial charge in [0.1, 0.15) is 5.75 Å². The molecular weight excluding hydrogens is 274 g/mol. The first-order valence-electron chi connectivity index (χ1n) is 8.01. The van der Waals surface area contributed by atoms with Gasteiger partial charge in [-0.2, -0.15) is 0 Å². The van der Waals surface area contributed by atoms with E-state index < -0.39 is 0 Å². The molecule has 22 heavy (non-hydrogen) atoms. The van der Waals surface area contributed by atoms with Gasteiger partial charge in [-0.15, -0.1) is 0 Å². The van der Waals surface area contributed by atoms with E-state index in [9.17, 15) is 4.79 Å². The van der Waals surface area contributed by atoms with Crippen LogP contribution in [0.15, 0.2) is 30.3 Å². The normalized spacial score (nSPS) is 16.5. The molecule has 3 heteroatoms. The zero-order valence-electron chi connectivity index (χ0n) is 13.3. The monoisotopic (exact) mass is 297 g/mol. The molecule has 2 aromatic carbocycles. The van der Waals surface area contributed by atoms with Crippen molar-refractivity contribution in [3.05, 3.63) is 41.5 Å². The summed E-state index contributed by atoms with van der Waals surface area (Å²) in [5.74, 6) is 1.69. The summed E-state index contributed by atoms with van der Waals surface area (Å²) in [6.45, 7) is 2.34. The number of carbonyl (C=O) groups is 1. The molecule has 0 fully saturated rings. The van der Waals surface area contributed by atoms with Crippen molar-refractivity contribution < 1.29 is 9.53 Å². The Balaban J connectivity index is 1.79. The van der Waals surface area contributed by atoms with Gasteiger partial charge in [-0.3, -0.25) is 4.79 Å². The highest BCUT2D eigenvalue weighted by atomic mass is 16.5. The number of ether oxygens (including phenoxy) is 1. The molecule has 0 saturated heterocycles. The van der Waals surface area contributed by atoms with Gasteiger partial charge in [0.05, 0.1) is 7.11 Å². The standard InChI is InChI=1S/C19H23NO2/c1-13(21)20-10-4-5-14-11-16-7-3-6-15-8-9-18(22-2)17(12-14)19(15)16/h3,6-9,14H,4-5,10-12H2,1-2H3,(H,20,21). The molecule has 1 aliphatic carbocycles. The molecule has 1 N–H and O–H groups in total. The largest absolute Gasteiger partial charge is 0.496 e. The summed E-state index contributed by atoms with van der Waals surface area (Å²) in [7, 11) is 1.75. The van der Waals surface area contributed by atoms with Crippen molar-refractivity contribution in [1.29, 1.82) is 0 Å². The Kier molecular flexibility index (Phi) is 4.32. The van der Waals surface area contributed by atoms with Crippen LogP contribution in [0, 0.1) is 5.92 Å². The third kappa shape index (κ3) is 2.94. The van der Waals surface area contributed by atoms with Crippen molar-refractivity contribution in [3.8, 4) is 5.75 Å². The quantitative estimate of drug-likeness (QED) is 0.858. The Morgan fingerprint density at radius 1 is 1.27 bits per heavy atom. The van der Waals surface area contributed by atoms with Crippen molar-refractivity contribution in [2.75, 3.05) is 13.7 Å². The number of nitrogens with one attached hydrogen (secondary N) is 1. The van der Waals surface area contributed by atoms with E-state index in [1.165, 1.54) is 21.9 Å². The lowest BCUT2D eigenvalue weighted by molar-refractivity contribution is -0.118. The zero-order valence-corrected chi connectivity index (χ0v) is 13.3.